The van der Waals surface area contributed by atoms with Crippen LogP contribution in [-0.4, -0.2) is 67.3 Å². The van der Waals surface area contributed by atoms with Crippen LogP contribution in [0.3, 0.4) is 0 Å². The van der Waals surface area contributed by atoms with E-state index in [9.17, 15) is 14.4 Å². The van der Waals surface area contributed by atoms with Crippen LogP contribution in [-0.2, 0) is 9.47 Å². The molecule has 2 aromatic carbocycles. The van der Waals surface area contributed by atoms with Crippen LogP contribution in [0, 0.1) is 0 Å². The molecule has 2 saturated heterocycles. The first-order chi connectivity index (χ1) is 20.9. The van der Waals surface area contributed by atoms with E-state index in [0.717, 1.165) is 51.0 Å². The maximum Gasteiger partial charge on any atom is 0.343 e. The van der Waals surface area contributed by atoms with Crippen LogP contribution in [0.2, 0.25) is 0 Å². The van der Waals surface area contributed by atoms with Crippen molar-refractivity contribution in [1.29, 1.82) is 0 Å². The summed E-state index contributed by atoms with van der Waals surface area (Å²) in [6.45, 7) is 6.65. The van der Waals surface area contributed by atoms with E-state index in [0.29, 0.717) is 46.2 Å². The van der Waals surface area contributed by atoms with Gasteiger partial charge in [0.05, 0.1) is 24.9 Å². The number of ketones is 1. The van der Waals surface area contributed by atoms with Gasteiger partial charge in [-0.1, -0.05) is 6.07 Å². The average molecular weight is 585 g/mol. The SMILES string of the molecule is CCOC(=O)c1cn(-c2ccc3nc(N4CCCC4COC)oc3c2)c(-c2ccc(N3CCCC3)c(C(C)=O)c2)cc1=O. The molecule has 6 rings (SSSR count). The van der Waals surface area contributed by atoms with Gasteiger partial charge in [0.15, 0.2) is 16.8 Å². The molecule has 224 valence electrons. The second-order valence-corrected chi connectivity index (χ2v) is 11.1. The number of fused-ring (bicyclic) bond motifs is 1. The lowest BCUT2D eigenvalue weighted by molar-refractivity contribution is 0.0524. The zero-order chi connectivity index (χ0) is 30.1. The Kier molecular flexibility index (Phi) is 8.03. The van der Waals surface area contributed by atoms with Crippen molar-refractivity contribution < 1.29 is 23.5 Å². The van der Waals surface area contributed by atoms with Gasteiger partial charge in [0.25, 0.3) is 6.01 Å². The third-order valence-corrected chi connectivity index (χ3v) is 8.29. The number of anilines is 2. The lowest BCUT2D eigenvalue weighted by atomic mass is 10.0. The Bertz CT molecular complexity index is 1740. The minimum Gasteiger partial charge on any atom is -0.462 e. The van der Waals surface area contributed by atoms with Crippen LogP contribution >= 0.6 is 0 Å². The minimum atomic E-state index is -0.692. The van der Waals surface area contributed by atoms with Crippen LogP contribution < -0.4 is 15.2 Å². The van der Waals surface area contributed by atoms with E-state index in [2.05, 4.69) is 9.80 Å². The zero-order valence-electron chi connectivity index (χ0n) is 24.8. The standard InChI is InChI=1S/C33H36N4O6/c1-4-42-32(40)26-19-37(23-10-11-27-31(17-23)43-33(34-27)36-15-7-8-24(36)20-41-3)29(18-30(26)39)22-9-12-28(25(16-22)21(2)38)35-13-5-6-14-35/h9-12,16-19,24H,4-8,13-15,20H2,1-3H3. The molecule has 0 aliphatic carbocycles. The molecule has 0 bridgehead atoms. The molecule has 4 aromatic rings. The smallest absolute Gasteiger partial charge is 0.343 e. The van der Waals surface area contributed by atoms with Crippen LogP contribution in [0.1, 0.15) is 60.2 Å². The summed E-state index contributed by atoms with van der Waals surface area (Å²) in [5, 5.41) is 0. The van der Waals surface area contributed by atoms with E-state index in [-0.39, 0.29) is 24.0 Å². The number of hydrogen-bond acceptors (Lipinski definition) is 9. The van der Waals surface area contributed by atoms with E-state index < -0.39 is 11.4 Å². The number of rotatable bonds is 9. The molecule has 1 atom stereocenters. The van der Waals surface area contributed by atoms with Gasteiger partial charge < -0.3 is 28.3 Å². The third-order valence-electron chi connectivity index (χ3n) is 8.29. The summed E-state index contributed by atoms with van der Waals surface area (Å²) >= 11 is 0. The normalized spacial score (nSPS) is 16.8. The van der Waals surface area contributed by atoms with Crippen molar-refractivity contribution in [3.05, 3.63) is 70.0 Å². The molecule has 0 amide bonds. The monoisotopic (exact) mass is 584 g/mol. The van der Waals surface area contributed by atoms with Gasteiger partial charge in [0, 0.05) is 62.0 Å². The topological polar surface area (TPSA) is 107 Å². The van der Waals surface area contributed by atoms with Crippen molar-refractivity contribution in [2.45, 2.75) is 45.6 Å². The van der Waals surface area contributed by atoms with Crippen molar-refractivity contribution in [1.82, 2.24) is 9.55 Å². The fraction of sp³-hybridized carbons (Fsp3) is 0.394. The van der Waals surface area contributed by atoms with Gasteiger partial charge >= 0.3 is 5.97 Å². The van der Waals surface area contributed by atoms with E-state index in [4.69, 9.17) is 18.9 Å². The number of carbonyl (C=O) groups is 2. The number of methoxy groups -OCH3 is 1. The minimum absolute atomic E-state index is 0.0508. The average Bonchev–Trinajstić information content (AvgIpc) is 3.78. The van der Waals surface area contributed by atoms with E-state index in [1.165, 1.54) is 12.3 Å². The Balaban J connectivity index is 1.47. The summed E-state index contributed by atoms with van der Waals surface area (Å²) in [5.41, 5.74) is 4.11. The highest BCUT2D eigenvalue weighted by Gasteiger charge is 2.28. The first-order valence-electron chi connectivity index (χ1n) is 14.9. The maximum atomic E-state index is 13.2. The predicted molar refractivity (Wildman–Crippen MR) is 165 cm³/mol. The summed E-state index contributed by atoms with van der Waals surface area (Å²) in [4.78, 5) is 47.8. The van der Waals surface area contributed by atoms with Gasteiger partial charge in [0.2, 0.25) is 0 Å². The molecule has 0 saturated carbocycles. The number of ether oxygens (including phenoxy) is 2. The number of aromatic nitrogens is 2. The molecule has 2 aliphatic rings. The molecule has 1 unspecified atom stereocenters. The molecule has 43 heavy (non-hydrogen) atoms. The number of carbonyl (C=O) groups excluding carboxylic acids is 2. The number of nitrogens with zero attached hydrogens (tertiary/aromatic N) is 4. The second-order valence-electron chi connectivity index (χ2n) is 11.1. The fourth-order valence-electron chi connectivity index (χ4n) is 6.17. The largest absolute Gasteiger partial charge is 0.462 e. The molecule has 2 aromatic heterocycles. The first kappa shape index (κ1) is 28.7. The number of esters is 1. The summed E-state index contributed by atoms with van der Waals surface area (Å²) < 4.78 is 18.6. The molecule has 0 N–H and O–H groups in total. The van der Waals surface area contributed by atoms with Gasteiger partial charge in [0.1, 0.15) is 11.1 Å². The second kappa shape index (κ2) is 12.0. The van der Waals surface area contributed by atoms with Gasteiger partial charge in [-0.3, -0.25) is 9.59 Å². The Morgan fingerprint density at radius 3 is 2.58 bits per heavy atom. The number of hydrogen-bond donors (Lipinski definition) is 0. The van der Waals surface area contributed by atoms with E-state index >= 15 is 0 Å². The maximum absolute atomic E-state index is 13.2. The molecule has 4 heterocycles. The van der Waals surface area contributed by atoms with E-state index in [1.807, 2.05) is 36.4 Å². The molecule has 0 radical (unpaired) electrons. The van der Waals surface area contributed by atoms with Crippen LogP contribution in [0.4, 0.5) is 11.7 Å². The Hall–Kier alpha value is -4.44. The van der Waals surface area contributed by atoms with Crippen LogP contribution in [0.25, 0.3) is 28.0 Å². The number of oxazole rings is 1. The predicted octanol–water partition coefficient (Wildman–Crippen LogP) is 5.24. The summed E-state index contributed by atoms with van der Waals surface area (Å²) in [6, 6.07) is 13.5. The lowest BCUT2D eigenvalue weighted by Gasteiger charge is -2.22. The number of benzene rings is 2. The number of pyridine rings is 1. The Labute approximate surface area is 249 Å². The van der Waals surface area contributed by atoms with Gasteiger partial charge in [-0.25, -0.2) is 4.79 Å². The van der Waals surface area contributed by atoms with E-state index in [1.54, 1.807) is 25.5 Å². The highest BCUT2D eigenvalue weighted by molar-refractivity contribution is 6.01. The summed E-state index contributed by atoms with van der Waals surface area (Å²) in [5.74, 6) is -0.743. The summed E-state index contributed by atoms with van der Waals surface area (Å²) in [7, 11) is 1.70. The Morgan fingerprint density at radius 1 is 1.02 bits per heavy atom. The van der Waals surface area contributed by atoms with Gasteiger partial charge in [-0.05, 0) is 69.4 Å². The molecule has 10 nitrogen and oxygen atoms in total. The molecular weight excluding hydrogens is 548 g/mol. The molecule has 2 aliphatic heterocycles. The fourth-order valence-corrected chi connectivity index (χ4v) is 6.17. The first-order valence-corrected chi connectivity index (χ1v) is 14.9. The Morgan fingerprint density at radius 2 is 1.84 bits per heavy atom. The van der Waals surface area contributed by atoms with Crippen molar-refractivity contribution in [3.63, 3.8) is 0 Å². The van der Waals surface area contributed by atoms with Crippen molar-refractivity contribution in [2.24, 2.45) is 0 Å². The third kappa shape index (κ3) is 5.54. The zero-order valence-corrected chi connectivity index (χ0v) is 24.8. The van der Waals surface area contributed by atoms with Crippen molar-refractivity contribution in [2.75, 3.05) is 49.8 Å². The molecule has 0 spiro atoms. The van der Waals surface area contributed by atoms with Crippen LogP contribution in [0.15, 0.2) is 57.9 Å². The molecule has 10 heteroatoms. The van der Waals surface area contributed by atoms with Gasteiger partial charge in [-0.15, -0.1) is 0 Å². The number of Topliss-reactive ketones (excluding diaryl/α,β-unsaturated/α-hetero) is 1. The van der Waals surface area contributed by atoms with Crippen molar-refractivity contribution in [3.8, 4) is 16.9 Å². The highest BCUT2D eigenvalue weighted by atomic mass is 16.5. The summed E-state index contributed by atoms with van der Waals surface area (Å²) in [6.07, 6.45) is 5.72. The van der Waals surface area contributed by atoms with Gasteiger partial charge in [-0.2, -0.15) is 4.98 Å². The van der Waals surface area contributed by atoms with Crippen LogP contribution in [0.5, 0.6) is 0 Å². The van der Waals surface area contributed by atoms with Crippen molar-refractivity contribution >= 4 is 34.6 Å². The molecule has 2 fully saturated rings. The lowest BCUT2D eigenvalue weighted by Crippen LogP contribution is -2.32. The quantitative estimate of drug-likeness (QED) is 0.193. The molecular formula is C33H36N4O6. The highest BCUT2D eigenvalue weighted by Crippen LogP contribution is 2.33.